The molecule has 3 aromatic carbocycles. The second-order valence-corrected chi connectivity index (χ2v) is 10.3. The number of furan rings is 1. The van der Waals surface area contributed by atoms with Crippen LogP contribution < -0.4 is 14.4 Å². The first-order chi connectivity index (χ1) is 15.9. The summed E-state index contributed by atoms with van der Waals surface area (Å²) in [5.41, 5.74) is 6.72. The van der Waals surface area contributed by atoms with Gasteiger partial charge in [0, 0.05) is 16.2 Å². The van der Waals surface area contributed by atoms with E-state index in [1.165, 1.54) is 38.4 Å². The van der Waals surface area contributed by atoms with Crippen LogP contribution in [0.25, 0.3) is 21.9 Å². The summed E-state index contributed by atoms with van der Waals surface area (Å²) >= 11 is 1.78. The van der Waals surface area contributed by atoms with Crippen LogP contribution in [0.5, 0.6) is 0 Å². The predicted octanol–water partition coefficient (Wildman–Crippen LogP) is 7.02. The van der Waals surface area contributed by atoms with Gasteiger partial charge in [-0.15, -0.1) is 0 Å². The molecule has 0 bridgehead atoms. The smallest absolute Gasteiger partial charge is 0.342 e. The number of aryl methyl sites for hydroxylation is 2. The molecule has 1 aliphatic heterocycles. The van der Waals surface area contributed by atoms with Gasteiger partial charge in [-0.1, -0.05) is 47.7 Å². The monoisotopic (exact) mass is 454 g/mol. The molecule has 3 heterocycles. The number of rotatable bonds is 3. The highest BCUT2D eigenvalue weighted by Gasteiger charge is 2.48. The number of benzene rings is 3. The van der Waals surface area contributed by atoms with Crippen molar-refractivity contribution in [1.82, 2.24) is 0 Å². The number of para-hydroxylation sites is 3. The van der Waals surface area contributed by atoms with E-state index in [1.54, 1.807) is 11.3 Å². The zero-order valence-electron chi connectivity index (χ0n) is 19.7. The fraction of sp³-hybridized carbons (Fsp3) is 0.250. The Labute approximate surface area is 198 Å². The van der Waals surface area contributed by atoms with Crippen LogP contribution in [0.1, 0.15) is 31.9 Å². The highest BCUT2D eigenvalue weighted by molar-refractivity contribution is 7.13. The van der Waals surface area contributed by atoms with Gasteiger partial charge in [0.05, 0.1) is 18.3 Å². The normalized spacial score (nSPS) is 16.2. The topological polar surface area (TPSA) is 23.5 Å². The van der Waals surface area contributed by atoms with Gasteiger partial charge in [-0.3, -0.25) is 0 Å². The lowest BCUT2D eigenvalue weighted by Crippen LogP contribution is -2.51. The van der Waals surface area contributed by atoms with Crippen LogP contribution in [0, 0.1) is 6.92 Å². The summed E-state index contributed by atoms with van der Waals surface area (Å²) in [6.07, 6.45) is 2.28. The van der Waals surface area contributed by atoms with Crippen molar-refractivity contribution in [2.75, 3.05) is 9.80 Å². The Bertz CT molecular complexity index is 1510. The molecule has 1 aliphatic rings. The van der Waals surface area contributed by atoms with Crippen LogP contribution in [0.2, 0.25) is 0 Å². The number of hydrogen-bond acceptors (Lipinski definition) is 4. The Hall–Kier alpha value is -3.31. The molecule has 0 unspecified atom stereocenters. The molecule has 0 saturated heterocycles. The number of anilines is 3. The summed E-state index contributed by atoms with van der Waals surface area (Å²) in [6.45, 7) is 9.23. The summed E-state index contributed by atoms with van der Waals surface area (Å²) in [6, 6.07) is 21.5. The van der Waals surface area contributed by atoms with E-state index in [-0.39, 0.29) is 11.7 Å². The number of aromatic nitrogens is 1. The van der Waals surface area contributed by atoms with E-state index in [0.717, 1.165) is 11.2 Å². The molecular formula is C28H28N3OS+. The van der Waals surface area contributed by atoms with Crippen LogP contribution in [-0.4, -0.2) is 6.17 Å². The van der Waals surface area contributed by atoms with Crippen LogP contribution in [0.3, 0.4) is 0 Å². The third kappa shape index (κ3) is 2.78. The fourth-order valence-electron chi connectivity index (χ4n) is 5.81. The summed E-state index contributed by atoms with van der Waals surface area (Å²) in [7, 11) is 2.12. The molecule has 0 radical (unpaired) electrons. The first-order valence-corrected chi connectivity index (χ1v) is 12.3. The Morgan fingerprint density at radius 2 is 1.67 bits per heavy atom. The first kappa shape index (κ1) is 20.3. The Morgan fingerprint density at radius 1 is 0.939 bits per heavy atom. The molecule has 0 aliphatic carbocycles. The first-order valence-electron chi connectivity index (χ1n) is 11.4. The van der Waals surface area contributed by atoms with E-state index in [2.05, 4.69) is 115 Å². The van der Waals surface area contributed by atoms with Crippen LogP contribution in [0.15, 0.2) is 76.7 Å². The van der Waals surface area contributed by atoms with E-state index in [9.17, 15) is 0 Å². The maximum atomic E-state index is 6.27. The van der Waals surface area contributed by atoms with Gasteiger partial charge in [-0.25, -0.2) is 4.57 Å². The average molecular weight is 455 g/mol. The quantitative estimate of drug-likeness (QED) is 0.274. The third-order valence-corrected chi connectivity index (χ3v) is 8.03. The van der Waals surface area contributed by atoms with Crippen molar-refractivity contribution in [3.63, 3.8) is 0 Å². The van der Waals surface area contributed by atoms with E-state index < -0.39 is 0 Å². The predicted molar refractivity (Wildman–Crippen MR) is 137 cm³/mol. The number of nitrogens with zero attached hydrogens (tertiary/aromatic N) is 3. The van der Waals surface area contributed by atoms with Crippen molar-refractivity contribution in [1.29, 1.82) is 0 Å². The second kappa shape index (κ2) is 7.09. The largest absolute Gasteiger partial charge is 0.456 e. The molecule has 6 rings (SSSR count). The third-order valence-electron chi connectivity index (χ3n) is 7.08. The van der Waals surface area contributed by atoms with Gasteiger partial charge in [0.25, 0.3) is 0 Å². The summed E-state index contributed by atoms with van der Waals surface area (Å²) < 4.78 is 8.48. The Kier molecular flexibility index (Phi) is 4.36. The van der Waals surface area contributed by atoms with Gasteiger partial charge in [-0.2, -0.15) is 4.90 Å². The summed E-state index contributed by atoms with van der Waals surface area (Å²) in [5.74, 6) is 0. The lowest BCUT2D eigenvalue weighted by molar-refractivity contribution is -0.654. The molecule has 5 heteroatoms. The van der Waals surface area contributed by atoms with Gasteiger partial charge in [0.1, 0.15) is 17.4 Å². The van der Waals surface area contributed by atoms with Crippen LogP contribution in [-0.2, 0) is 12.6 Å². The number of thiazole rings is 1. The maximum absolute atomic E-state index is 6.27. The molecule has 0 spiro atoms. The van der Waals surface area contributed by atoms with Gasteiger partial charge < -0.3 is 9.32 Å². The van der Waals surface area contributed by atoms with Gasteiger partial charge in [-0.05, 0) is 63.1 Å². The number of hydrogen-bond donors (Lipinski definition) is 0. The Morgan fingerprint density at radius 3 is 2.42 bits per heavy atom. The van der Waals surface area contributed by atoms with Gasteiger partial charge >= 0.3 is 5.13 Å². The fourth-order valence-corrected chi connectivity index (χ4v) is 6.76. The second-order valence-electron chi connectivity index (χ2n) is 9.44. The molecule has 33 heavy (non-hydrogen) atoms. The molecule has 0 saturated carbocycles. The van der Waals surface area contributed by atoms with Crippen molar-refractivity contribution in [3.05, 3.63) is 83.4 Å². The summed E-state index contributed by atoms with van der Waals surface area (Å²) in [4.78, 5) is 5.04. The van der Waals surface area contributed by atoms with E-state index >= 15 is 0 Å². The number of fused-ring (bicyclic) bond motifs is 4. The van der Waals surface area contributed by atoms with E-state index in [4.69, 9.17) is 4.42 Å². The van der Waals surface area contributed by atoms with Crippen LogP contribution in [0.4, 0.5) is 16.5 Å². The molecule has 0 fully saturated rings. The lowest BCUT2D eigenvalue weighted by atomic mass is 9.84. The van der Waals surface area contributed by atoms with Crippen LogP contribution >= 0.6 is 11.3 Å². The standard InChI is InChI=1S/C28H28N3OS/c1-18-14-15-24-25(20-10-6-9-13-23(20)32-24)26(18)28(3,4)31-19(2)30(27-29(5)16-17-33-27)21-11-7-8-12-22(21)31/h6-17,19H,1-5H3/q+1/t19-/m1/s1. The zero-order chi connectivity index (χ0) is 22.9. The van der Waals surface area contributed by atoms with Crippen molar-refractivity contribution >= 4 is 49.8 Å². The van der Waals surface area contributed by atoms with Gasteiger partial charge in [0.2, 0.25) is 0 Å². The van der Waals surface area contributed by atoms with Crippen molar-refractivity contribution in [2.45, 2.75) is 39.4 Å². The van der Waals surface area contributed by atoms with E-state index in [1.807, 2.05) is 6.07 Å². The SMILES string of the molecule is Cc1ccc2oc3ccccc3c2c1C(C)(C)N1c2ccccc2N(c2scc[n+]2C)[C@H]1C. The maximum Gasteiger partial charge on any atom is 0.342 e. The molecular weight excluding hydrogens is 426 g/mol. The zero-order valence-corrected chi connectivity index (χ0v) is 20.5. The Balaban J connectivity index is 1.61. The van der Waals surface area contributed by atoms with Gasteiger partial charge in [0.15, 0.2) is 11.9 Å². The molecule has 166 valence electrons. The summed E-state index contributed by atoms with van der Waals surface area (Å²) in [5, 5.41) is 5.79. The van der Waals surface area contributed by atoms with Crippen molar-refractivity contribution < 1.29 is 8.98 Å². The molecule has 1 atom stereocenters. The lowest BCUT2D eigenvalue weighted by Gasteiger charge is -2.41. The highest BCUT2D eigenvalue weighted by Crippen LogP contribution is 2.51. The van der Waals surface area contributed by atoms with Crippen molar-refractivity contribution in [2.24, 2.45) is 7.05 Å². The minimum Gasteiger partial charge on any atom is -0.456 e. The highest BCUT2D eigenvalue weighted by atomic mass is 32.1. The molecule has 2 aromatic heterocycles. The minimum atomic E-state index is -0.281. The molecule has 5 aromatic rings. The van der Waals surface area contributed by atoms with E-state index in [0.29, 0.717) is 0 Å². The minimum absolute atomic E-state index is 0.148. The molecule has 4 nitrogen and oxygen atoms in total. The van der Waals surface area contributed by atoms with Crippen molar-refractivity contribution in [3.8, 4) is 0 Å². The average Bonchev–Trinajstić information content (AvgIpc) is 3.46. The molecule has 0 amide bonds. The molecule has 0 N–H and O–H groups in total.